The molecule has 108 valence electrons. The SMILES string of the molecule is CCOC(=O)C[C@@H]1C[C@@H]([N+](=O)[O-])[C@H](c2ccccc2)C1. The highest BCUT2D eigenvalue weighted by Crippen LogP contribution is 2.41. The number of nitro groups is 1. The maximum atomic E-state index is 11.5. The van der Waals surface area contributed by atoms with Crippen molar-refractivity contribution in [2.24, 2.45) is 5.92 Å². The molecule has 1 fully saturated rings. The van der Waals surface area contributed by atoms with Gasteiger partial charge in [0, 0.05) is 17.8 Å². The van der Waals surface area contributed by atoms with Crippen LogP contribution in [0.15, 0.2) is 30.3 Å². The van der Waals surface area contributed by atoms with Crippen molar-refractivity contribution in [3.63, 3.8) is 0 Å². The molecule has 0 unspecified atom stereocenters. The summed E-state index contributed by atoms with van der Waals surface area (Å²) in [6.45, 7) is 2.12. The molecule has 3 atom stereocenters. The number of nitrogens with zero attached hydrogens (tertiary/aromatic N) is 1. The fourth-order valence-corrected chi connectivity index (χ4v) is 3.03. The second kappa shape index (κ2) is 6.50. The Balaban J connectivity index is 2.08. The van der Waals surface area contributed by atoms with Crippen molar-refractivity contribution in [3.8, 4) is 0 Å². The lowest BCUT2D eigenvalue weighted by atomic mass is 9.93. The lowest BCUT2D eigenvalue weighted by Crippen LogP contribution is -2.22. The minimum atomic E-state index is -0.600. The third-order valence-electron chi connectivity index (χ3n) is 3.89. The van der Waals surface area contributed by atoms with Gasteiger partial charge < -0.3 is 4.74 Å². The van der Waals surface area contributed by atoms with Crippen LogP contribution >= 0.6 is 0 Å². The molecule has 0 aliphatic heterocycles. The molecule has 2 rings (SSSR count). The molecule has 1 aromatic rings. The summed E-state index contributed by atoms with van der Waals surface area (Å²) in [5.74, 6) is -0.325. The molecular weight excluding hydrogens is 258 g/mol. The lowest BCUT2D eigenvalue weighted by Gasteiger charge is -2.12. The predicted octanol–water partition coefficient (Wildman–Crippen LogP) is 2.78. The molecule has 20 heavy (non-hydrogen) atoms. The third-order valence-corrected chi connectivity index (χ3v) is 3.89. The van der Waals surface area contributed by atoms with Gasteiger partial charge in [-0.1, -0.05) is 30.3 Å². The smallest absolute Gasteiger partial charge is 0.306 e. The number of esters is 1. The minimum absolute atomic E-state index is 0.0367. The van der Waals surface area contributed by atoms with Gasteiger partial charge in [0.05, 0.1) is 12.5 Å². The average Bonchev–Trinajstić information content (AvgIpc) is 2.84. The van der Waals surface area contributed by atoms with Crippen LogP contribution < -0.4 is 0 Å². The molecule has 1 aliphatic carbocycles. The summed E-state index contributed by atoms with van der Waals surface area (Å²) in [6, 6.07) is 8.94. The molecular formula is C15H19NO4. The fourth-order valence-electron chi connectivity index (χ4n) is 3.03. The third kappa shape index (κ3) is 3.35. The number of rotatable bonds is 5. The predicted molar refractivity (Wildman–Crippen MR) is 73.9 cm³/mol. The van der Waals surface area contributed by atoms with Gasteiger partial charge in [0.25, 0.3) is 0 Å². The highest BCUT2D eigenvalue weighted by molar-refractivity contribution is 5.69. The number of benzene rings is 1. The van der Waals surface area contributed by atoms with E-state index in [2.05, 4.69) is 0 Å². The normalized spacial score (nSPS) is 25.4. The Morgan fingerprint density at radius 1 is 1.35 bits per heavy atom. The average molecular weight is 277 g/mol. The van der Waals surface area contributed by atoms with Gasteiger partial charge in [-0.25, -0.2) is 0 Å². The fraction of sp³-hybridized carbons (Fsp3) is 0.533. The van der Waals surface area contributed by atoms with Crippen LogP contribution in [0.1, 0.15) is 37.7 Å². The Bertz CT molecular complexity index is 474. The second-order valence-electron chi connectivity index (χ2n) is 5.22. The Morgan fingerprint density at radius 2 is 2.05 bits per heavy atom. The van der Waals surface area contributed by atoms with E-state index in [1.54, 1.807) is 6.92 Å². The van der Waals surface area contributed by atoms with Crippen LogP contribution in [-0.2, 0) is 9.53 Å². The summed E-state index contributed by atoms with van der Waals surface area (Å²) >= 11 is 0. The minimum Gasteiger partial charge on any atom is -0.466 e. The number of hydrogen-bond acceptors (Lipinski definition) is 4. The van der Waals surface area contributed by atoms with E-state index in [1.165, 1.54) is 0 Å². The summed E-state index contributed by atoms with van der Waals surface area (Å²) in [5, 5.41) is 11.2. The van der Waals surface area contributed by atoms with Crippen LogP contribution in [0.3, 0.4) is 0 Å². The van der Waals surface area contributed by atoms with Crippen molar-refractivity contribution in [2.75, 3.05) is 6.61 Å². The standard InChI is InChI=1S/C15H19NO4/c1-2-20-15(17)10-11-8-13(14(9-11)16(18)19)12-6-4-3-5-7-12/h3-7,11,13-14H,2,8-10H2,1H3/t11-,13-,14+/m0/s1. The number of ether oxygens (including phenoxy) is 1. The van der Waals surface area contributed by atoms with Crippen LogP contribution in [0, 0.1) is 16.0 Å². The van der Waals surface area contributed by atoms with Crippen LogP contribution in [0.4, 0.5) is 0 Å². The first-order valence-corrected chi connectivity index (χ1v) is 6.95. The van der Waals surface area contributed by atoms with Crippen molar-refractivity contribution < 1.29 is 14.5 Å². The van der Waals surface area contributed by atoms with Gasteiger partial charge >= 0.3 is 5.97 Å². The molecule has 0 heterocycles. The van der Waals surface area contributed by atoms with Crippen molar-refractivity contribution in [1.82, 2.24) is 0 Å². The number of carbonyl (C=O) groups excluding carboxylic acids is 1. The van der Waals surface area contributed by atoms with E-state index in [9.17, 15) is 14.9 Å². The zero-order chi connectivity index (χ0) is 14.5. The van der Waals surface area contributed by atoms with E-state index in [0.29, 0.717) is 19.4 Å². The van der Waals surface area contributed by atoms with E-state index in [0.717, 1.165) is 5.56 Å². The molecule has 5 nitrogen and oxygen atoms in total. The van der Waals surface area contributed by atoms with Crippen LogP contribution in [0.2, 0.25) is 0 Å². The first kappa shape index (κ1) is 14.5. The first-order valence-electron chi connectivity index (χ1n) is 6.95. The molecule has 0 amide bonds. The van der Waals surface area contributed by atoms with Gasteiger partial charge in [-0.3, -0.25) is 14.9 Å². The molecule has 1 aliphatic rings. The molecule has 0 bridgehead atoms. The summed E-state index contributed by atoms with van der Waals surface area (Å²) in [5.41, 5.74) is 0.987. The summed E-state index contributed by atoms with van der Waals surface area (Å²) in [7, 11) is 0. The molecule has 0 N–H and O–H groups in total. The largest absolute Gasteiger partial charge is 0.466 e. The molecule has 1 aromatic carbocycles. The zero-order valence-electron chi connectivity index (χ0n) is 11.5. The van der Waals surface area contributed by atoms with Gasteiger partial charge in [0.1, 0.15) is 0 Å². The Morgan fingerprint density at radius 3 is 2.65 bits per heavy atom. The highest BCUT2D eigenvalue weighted by atomic mass is 16.6. The maximum Gasteiger partial charge on any atom is 0.306 e. The first-order chi connectivity index (χ1) is 9.61. The summed E-state index contributed by atoms with van der Waals surface area (Å²) in [6.07, 6.45) is 1.40. The van der Waals surface area contributed by atoms with Crippen molar-refractivity contribution in [3.05, 3.63) is 46.0 Å². The van der Waals surface area contributed by atoms with Crippen molar-refractivity contribution in [2.45, 2.75) is 38.1 Å². The summed E-state index contributed by atoms with van der Waals surface area (Å²) < 4.78 is 4.93. The molecule has 0 aromatic heterocycles. The molecule has 5 heteroatoms. The summed E-state index contributed by atoms with van der Waals surface area (Å²) in [4.78, 5) is 22.6. The van der Waals surface area contributed by atoms with Crippen molar-refractivity contribution >= 4 is 5.97 Å². The maximum absolute atomic E-state index is 11.5. The second-order valence-corrected chi connectivity index (χ2v) is 5.22. The Hall–Kier alpha value is -1.91. The monoisotopic (exact) mass is 277 g/mol. The zero-order valence-corrected chi connectivity index (χ0v) is 11.5. The molecule has 0 saturated heterocycles. The molecule has 0 spiro atoms. The Labute approximate surface area is 118 Å². The quantitative estimate of drug-likeness (QED) is 0.471. The topological polar surface area (TPSA) is 69.4 Å². The van der Waals surface area contributed by atoms with E-state index >= 15 is 0 Å². The van der Waals surface area contributed by atoms with Crippen LogP contribution in [-0.4, -0.2) is 23.5 Å². The van der Waals surface area contributed by atoms with Gasteiger partial charge in [0.15, 0.2) is 0 Å². The molecule has 0 radical (unpaired) electrons. The number of carbonyl (C=O) groups is 1. The van der Waals surface area contributed by atoms with Gasteiger partial charge in [-0.05, 0) is 24.8 Å². The Kier molecular flexibility index (Phi) is 4.71. The van der Waals surface area contributed by atoms with E-state index < -0.39 is 6.04 Å². The highest BCUT2D eigenvalue weighted by Gasteiger charge is 2.43. The molecule has 1 saturated carbocycles. The van der Waals surface area contributed by atoms with Crippen LogP contribution in [0.25, 0.3) is 0 Å². The lowest BCUT2D eigenvalue weighted by molar-refractivity contribution is -0.524. The van der Waals surface area contributed by atoms with E-state index in [4.69, 9.17) is 4.74 Å². The van der Waals surface area contributed by atoms with E-state index in [-0.39, 0.29) is 29.1 Å². The van der Waals surface area contributed by atoms with E-state index in [1.807, 2.05) is 30.3 Å². The van der Waals surface area contributed by atoms with Gasteiger partial charge in [-0.15, -0.1) is 0 Å². The van der Waals surface area contributed by atoms with Gasteiger partial charge in [0.2, 0.25) is 6.04 Å². The number of hydrogen-bond donors (Lipinski definition) is 0. The van der Waals surface area contributed by atoms with Gasteiger partial charge in [-0.2, -0.15) is 0 Å². The van der Waals surface area contributed by atoms with Crippen LogP contribution in [0.5, 0.6) is 0 Å². The van der Waals surface area contributed by atoms with Crippen molar-refractivity contribution in [1.29, 1.82) is 0 Å².